The fourth-order valence-corrected chi connectivity index (χ4v) is 2.01. The molecule has 0 bridgehead atoms. The minimum absolute atomic E-state index is 0.239. The second kappa shape index (κ2) is 5.06. The van der Waals surface area contributed by atoms with Gasteiger partial charge in [0.05, 0.1) is 5.69 Å². The first-order chi connectivity index (χ1) is 8.75. The first kappa shape index (κ1) is 14.2. The largest absolute Gasteiger partial charge is 0.232 e. The van der Waals surface area contributed by atoms with Gasteiger partial charge < -0.3 is 0 Å². The van der Waals surface area contributed by atoms with Gasteiger partial charge in [-0.05, 0) is 18.2 Å². The van der Waals surface area contributed by atoms with Crippen molar-refractivity contribution in [2.24, 2.45) is 0 Å². The first-order valence-electron chi connectivity index (χ1n) is 5.77. The highest BCUT2D eigenvalue weighted by Crippen LogP contribution is 2.27. The summed E-state index contributed by atoms with van der Waals surface area (Å²) in [6, 6.07) is 5.87. The van der Waals surface area contributed by atoms with Gasteiger partial charge in [-0.3, -0.25) is 0 Å². The molecule has 2 aromatic rings. The van der Waals surface area contributed by atoms with Crippen molar-refractivity contribution in [1.29, 1.82) is 0 Å². The van der Waals surface area contributed by atoms with Gasteiger partial charge in [0.15, 0.2) is 0 Å². The van der Waals surface area contributed by atoms with Gasteiger partial charge in [-0.2, -0.15) is 0 Å². The average molecular weight is 299 g/mol. The Balaban J connectivity index is 2.59. The van der Waals surface area contributed by atoms with E-state index < -0.39 is 5.82 Å². The van der Waals surface area contributed by atoms with Gasteiger partial charge in [-0.1, -0.05) is 44.0 Å². The first-order valence-corrected chi connectivity index (χ1v) is 6.53. The van der Waals surface area contributed by atoms with Crippen LogP contribution < -0.4 is 0 Å². The average Bonchev–Trinajstić information content (AvgIpc) is 2.25. The fraction of sp³-hybridized carbons (Fsp3) is 0.286. The number of benzene rings is 1. The van der Waals surface area contributed by atoms with Crippen LogP contribution in [0, 0.1) is 5.82 Å². The molecular weight excluding hydrogens is 286 g/mol. The molecule has 5 heteroatoms. The Hall–Kier alpha value is -1.19. The van der Waals surface area contributed by atoms with E-state index in [2.05, 4.69) is 9.97 Å². The Labute approximate surface area is 121 Å². The van der Waals surface area contributed by atoms with Crippen molar-refractivity contribution in [2.75, 3.05) is 0 Å². The van der Waals surface area contributed by atoms with Crippen LogP contribution in [0.4, 0.5) is 4.39 Å². The lowest BCUT2D eigenvalue weighted by atomic mass is 9.95. The molecule has 0 saturated carbocycles. The van der Waals surface area contributed by atoms with Gasteiger partial charge in [0.2, 0.25) is 0 Å². The molecule has 2 rings (SSSR count). The van der Waals surface area contributed by atoms with E-state index in [1.807, 2.05) is 20.8 Å². The normalized spacial score (nSPS) is 11.7. The molecule has 0 N–H and O–H groups in total. The summed E-state index contributed by atoms with van der Waals surface area (Å²) in [6.45, 7) is 5.96. The lowest BCUT2D eigenvalue weighted by Crippen LogP contribution is -2.16. The zero-order valence-electron chi connectivity index (χ0n) is 10.8. The molecule has 0 unspecified atom stereocenters. The van der Waals surface area contributed by atoms with Crippen LogP contribution in [0.2, 0.25) is 10.2 Å². The Morgan fingerprint density at radius 3 is 2.26 bits per heavy atom. The quantitative estimate of drug-likeness (QED) is 0.701. The van der Waals surface area contributed by atoms with E-state index in [9.17, 15) is 4.39 Å². The van der Waals surface area contributed by atoms with Crippen LogP contribution in [0.1, 0.15) is 26.6 Å². The molecule has 0 saturated heterocycles. The standard InChI is InChI=1S/C14H13Cl2FN2/c1-14(2,3)13-18-11(7-12(16)19-13)8-4-9(15)6-10(17)5-8/h4-7H,1-3H3. The fourth-order valence-electron chi connectivity index (χ4n) is 1.60. The third kappa shape index (κ3) is 3.43. The highest BCUT2D eigenvalue weighted by atomic mass is 35.5. The van der Waals surface area contributed by atoms with Gasteiger partial charge in [-0.15, -0.1) is 0 Å². The Kier molecular flexibility index (Phi) is 3.79. The van der Waals surface area contributed by atoms with Gasteiger partial charge in [-0.25, -0.2) is 14.4 Å². The molecule has 2 nitrogen and oxygen atoms in total. The molecule has 0 atom stereocenters. The molecule has 0 radical (unpaired) electrons. The minimum Gasteiger partial charge on any atom is -0.232 e. The van der Waals surface area contributed by atoms with Crippen LogP contribution in [-0.2, 0) is 5.41 Å². The van der Waals surface area contributed by atoms with Gasteiger partial charge in [0, 0.05) is 22.1 Å². The van der Waals surface area contributed by atoms with Crippen LogP contribution in [0.5, 0.6) is 0 Å². The second-order valence-corrected chi connectivity index (χ2v) is 6.13. The summed E-state index contributed by atoms with van der Waals surface area (Å²) < 4.78 is 13.4. The third-order valence-electron chi connectivity index (χ3n) is 2.52. The van der Waals surface area contributed by atoms with Crippen LogP contribution >= 0.6 is 23.2 Å². The summed E-state index contributed by atoms with van der Waals surface area (Å²) in [7, 11) is 0. The van der Waals surface area contributed by atoms with Crippen molar-refractivity contribution < 1.29 is 4.39 Å². The predicted molar refractivity (Wildman–Crippen MR) is 76.1 cm³/mol. The molecule has 0 amide bonds. The number of rotatable bonds is 1. The molecule has 100 valence electrons. The van der Waals surface area contributed by atoms with Gasteiger partial charge in [0.25, 0.3) is 0 Å². The maximum atomic E-state index is 13.4. The van der Waals surface area contributed by atoms with E-state index in [4.69, 9.17) is 23.2 Å². The number of hydrogen-bond donors (Lipinski definition) is 0. The predicted octanol–water partition coefficient (Wildman–Crippen LogP) is 4.89. The summed E-state index contributed by atoms with van der Waals surface area (Å²) in [4.78, 5) is 8.64. The lowest BCUT2D eigenvalue weighted by molar-refractivity contribution is 0.546. The van der Waals surface area contributed by atoms with E-state index in [0.717, 1.165) is 0 Å². The van der Waals surface area contributed by atoms with Crippen LogP contribution in [0.15, 0.2) is 24.3 Å². The second-order valence-electron chi connectivity index (χ2n) is 5.31. The van der Waals surface area contributed by atoms with Crippen molar-refractivity contribution in [3.05, 3.63) is 46.1 Å². The Morgan fingerprint density at radius 2 is 1.68 bits per heavy atom. The van der Waals surface area contributed by atoms with Crippen molar-refractivity contribution >= 4 is 23.2 Å². The van der Waals surface area contributed by atoms with E-state index in [0.29, 0.717) is 27.3 Å². The van der Waals surface area contributed by atoms with Crippen LogP contribution in [-0.4, -0.2) is 9.97 Å². The minimum atomic E-state index is -0.408. The molecular formula is C14H13Cl2FN2. The smallest absolute Gasteiger partial charge is 0.136 e. The SMILES string of the molecule is CC(C)(C)c1nc(Cl)cc(-c2cc(F)cc(Cl)c2)n1. The number of halogens is 3. The lowest BCUT2D eigenvalue weighted by Gasteiger charge is -2.17. The molecule has 19 heavy (non-hydrogen) atoms. The van der Waals surface area contributed by atoms with E-state index in [1.165, 1.54) is 12.1 Å². The molecule has 0 aliphatic rings. The van der Waals surface area contributed by atoms with Crippen molar-refractivity contribution in [3.8, 4) is 11.3 Å². The zero-order valence-corrected chi connectivity index (χ0v) is 12.3. The van der Waals surface area contributed by atoms with Crippen LogP contribution in [0.25, 0.3) is 11.3 Å². The molecule has 1 aromatic carbocycles. The molecule has 0 aliphatic heterocycles. The van der Waals surface area contributed by atoms with Gasteiger partial charge in [0.1, 0.15) is 16.8 Å². The maximum absolute atomic E-state index is 13.4. The topological polar surface area (TPSA) is 25.8 Å². The van der Waals surface area contributed by atoms with E-state index in [-0.39, 0.29) is 5.41 Å². The molecule has 0 spiro atoms. The van der Waals surface area contributed by atoms with Crippen LogP contribution in [0.3, 0.4) is 0 Å². The highest BCUT2D eigenvalue weighted by molar-refractivity contribution is 6.31. The number of hydrogen-bond acceptors (Lipinski definition) is 2. The molecule has 0 aliphatic carbocycles. The maximum Gasteiger partial charge on any atom is 0.136 e. The number of aromatic nitrogens is 2. The van der Waals surface area contributed by atoms with Crippen molar-refractivity contribution in [1.82, 2.24) is 9.97 Å². The highest BCUT2D eigenvalue weighted by Gasteiger charge is 2.19. The summed E-state index contributed by atoms with van der Waals surface area (Å²) in [5.74, 6) is 0.199. The monoisotopic (exact) mass is 298 g/mol. The Morgan fingerprint density at radius 1 is 1.00 bits per heavy atom. The molecule has 1 heterocycles. The summed E-state index contributed by atoms with van der Waals surface area (Å²) in [5.41, 5.74) is 0.905. The molecule has 0 fully saturated rings. The number of nitrogens with zero attached hydrogens (tertiary/aromatic N) is 2. The van der Waals surface area contributed by atoms with Crippen molar-refractivity contribution in [3.63, 3.8) is 0 Å². The van der Waals surface area contributed by atoms with E-state index in [1.54, 1.807) is 12.1 Å². The van der Waals surface area contributed by atoms with E-state index >= 15 is 0 Å². The molecule has 1 aromatic heterocycles. The summed E-state index contributed by atoms with van der Waals surface area (Å²) >= 11 is 11.9. The third-order valence-corrected chi connectivity index (χ3v) is 2.94. The van der Waals surface area contributed by atoms with Gasteiger partial charge >= 0.3 is 0 Å². The Bertz CT molecular complexity index is 601. The zero-order chi connectivity index (χ0) is 14.2. The summed E-state index contributed by atoms with van der Waals surface area (Å²) in [5, 5.41) is 0.650. The summed E-state index contributed by atoms with van der Waals surface area (Å²) in [6.07, 6.45) is 0. The van der Waals surface area contributed by atoms with Crippen molar-refractivity contribution in [2.45, 2.75) is 26.2 Å².